The molecule has 0 bridgehead atoms. The summed E-state index contributed by atoms with van der Waals surface area (Å²) in [6.07, 6.45) is -1.57. The first-order valence-electron chi connectivity index (χ1n) is 7.02. The van der Waals surface area contributed by atoms with E-state index in [1.54, 1.807) is 0 Å². The maximum atomic E-state index is 12.8. The molecule has 0 saturated heterocycles. The van der Waals surface area contributed by atoms with Gasteiger partial charge >= 0.3 is 6.18 Å². The minimum Gasteiger partial charge on any atom is -0.355 e. The highest BCUT2D eigenvalue weighted by Gasteiger charge is 2.47. The summed E-state index contributed by atoms with van der Waals surface area (Å²) in [6, 6.07) is 0. The zero-order valence-corrected chi connectivity index (χ0v) is 11.4. The van der Waals surface area contributed by atoms with E-state index in [1.165, 1.54) is 0 Å². The van der Waals surface area contributed by atoms with Crippen molar-refractivity contribution in [3.05, 3.63) is 0 Å². The molecule has 6 heteroatoms. The van der Waals surface area contributed by atoms with Crippen molar-refractivity contribution in [3.63, 3.8) is 0 Å². The van der Waals surface area contributed by atoms with Crippen LogP contribution in [0.1, 0.15) is 39.0 Å². The van der Waals surface area contributed by atoms with Gasteiger partial charge < -0.3 is 10.6 Å². The normalized spacial score (nSPS) is 24.2. The monoisotopic (exact) mass is 280 g/mol. The Morgan fingerprint density at radius 1 is 1.16 bits per heavy atom. The number of nitrogens with one attached hydrogen (secondary N) is 2. The molecule has 0 aliphatic heterocycles. The first-order chi connectivity index (χ1) is 8.96. The van der Waals surface area contributed by atoms with Gasteiger partial charge in [-0.25, -0.2) is 0 Å². The molecule has 3 nitrogen and oxygen atoms in total. The van der Waals surface area contributed by atoms with Crippen LogP contribution in [0.3, 0.4) is 0 Å². The van der Waals surface area contributed by atoms with Crippen LogP contribution in [0.15, 0.2) is 0 Å². The van der Waals surface area contributed by atoms with Gasteiger partial charge in [0.05, 0.1) is 5.92 Å². The van der Waals surface area contributed by atoms with E-state index in [0.29, 0.717) is 32.4 Å². The average molecular weight is 280 g/mol. The molecule has 0 aromatic carbocycles. The molecule has 2 unspecified atom stereocenters. The summed E-state index contributed by atoms with van der Waals surface area (Å²) in [5, 5.41) is 5.71. The van der Waals surface area contributed by atoms with Crippen LogP contribution in [0.4, 0.5) is 13.2 Å². The second-order valence-corrected chi connectivity index (χ2v) is 5.08. The highest BCUT2D eigenvalue weighted by molar-refractivity contribution is 5.79. The topological polar surface area (TPSA) is 41.1 Å². The quantitative estimate of drug-likeness (QED) is 0.734. The molecule has 1 aliphatic rings. The molecule has 19 heavy (non-hydrogen) atoms. The van der Waals surface area contributed by atoms with E-state index in [4.69, 9.17) is 0 Å². The van der Waals surface area contributed by atoms with Crippen LogP contribution in [-0.4, -0.2) is 31.7 Å². The van der Waals surface area contributed by atoms with E-state index in [9.17, 15) is 18.0 Å². The molecular formula is C13H23F3N2O. The van der Waals surface area contributed by atoms with Crippen molar-refractivity contribution in [2.24, 2.45) is 11.8 Å². The molecule has 0 aromatic rings. The minimum absolute atomic E-state index is 0.0790. The predicted octanol–water partition coefficient (Wildman–Crippen LogP) is 2.47. The van der Waals surface area contributed by atoms with Gasteiger partial charge in [-0.2, -0.15) is 13.2 Å². The van der Waals surface area contributed by atoms with Crippen molar-refractivity contribution in [2.75, 3.05) is 19.6 Å². The highest BCUT2D eigenvalue weighted by atomic mass is 19.4. The fourth-order valence-electron chi connectivity index (χ4n) is 2.54. The van der Waals surface area contributed by atoms with Gasteiger partial charge in [-0.1, -0.05) is 19.8 Å². The summed E-state index contributed by atoms with van der Waals surface area (Å²) >= 11 is 0. The summed E-state index contributed by atoms with van der Waals surface area (Å²) in [7, 11) is 0. The van der Waals surface area contributed by atoms with E-state index in [-0.39, 0.29) is 6.42 Å². The standard InChI is InChI=1S/C13H23F3N2O/c1-2-7-17-8-9-18-12(19)10-5-3-4-6-11(10)13(14,15)16/h10-11,17H,2-9H2,1H3,(H,18,19). The van der Waals surface area contributed by atoms with Crippen LogP contribution in [0.5, 0.6) is 0 Å². The van der Waals surface area contributed by atoms with Gasteiger partial charge in [-0.15, -0.1) is 0 Å². The van der Waals surface area contributed by atoms with Crippen molar-refractivity contribution in [1.82, 2.24) is 10.6 Å². The number of hydrogen-bond donors (Lipinski definition) is 2. The van der Waals surface area contributed by atoms with Gasteiger partial charge in [0.25, 0.3) is 0 Å². The van der Waals surface area contributed by atoms with Gasteiger partial charge in [0.15, 0.2) is 0 Å². The van der Waals surface area contributed by atoms with Gasteiger partial charge in [0, 0.05) is 19.0 Å². The first kappa shape index (κ1) is 16.3. The third-order valence-electron chi connectivity index (χ3n) is 3.55. The molecule has 1 fully saturated rings. The number of alkyl halides is 3. The molecule has 1 rings (SSSR count). The number of carbonyl (C=O) groups is 1. The van der Waals surface area contributed by atoms with E-state index in [1.807, 2.05) is 6.92 Å². The zero-order valence-electron chi connectivity index (χ0n) is 11.4. The largest absolute Gasteiger partial charge is 0.392 e. The van der Waals surface area contributed by atoms with Gasteiger partial charge in [-0.3, -0.25) is 4.79 Å². The lowest BCUT2D eigenvalue weighted by Crippen LogP contribution is -2.44. The minimum atomic E-state index is -4.26. The summed E-state index contributed by atoms with van der Waals surface area (Å²) in [6.45, 7) is 3.87. The number of halogens is 3. The van der Waals surface area contributed by atoms with E-state index < -0.39 is 23.9 Å². The lowest BCUT2D eigenvalue weighted by atomic mass is 9.78. The van der Waals surface area contributed by atoms with Crippen LogP contribution in [-0.2, 0) is 4.79 Å². The molecule has 0 spiro atoms. The fourth-order valence-corrected chi connectivity index (χ4v) is 2.54. The number of carbonyl (C=O) groups excluding carboxylic acids is 1. The fraction of sp³-hybridized carbons (Fsp3) is 0.923. The molecule has 2 atom stereocenters. The maximum absolute atomic E-state index is 12.8. The molecular weight excluding hydrogens is 257 g/mol. The third kappa shape index (κ3) is 5.38. The molecule has 1 aliphatic carbocycles. The van der Waals surface area contributed by atoms with Crippen LogP contribution in [0.25, 0.3) is 0 Å². The second-order valence-electron chi connectivity index (χ2n) is 5.08. The first-order valence-corrected chi connectivity index (χ1v) is 7.02. The Bertz CT molecular complexity index is 282. The highest BCUT2D eigenvalue weighted by Crippen LogP contribution is 2.41. The molecule has 112 valence electrons. The number of rotatable bonds is 6. The van der Waals surface area contributed by atoms with Gasteiger partial charge in [0.1, 0.15) is 0 Å². The lowest BCUT2D eigenvalue weighted by Gasteiger charge is -2.32. The molecule has 0 aromatic heterocycles. The van der Waals surface area contributed by atoms with Crippen molar-refractivity contribution < 1.29 is 18.0 Å². The molecule has 2 N–H and O–H groups in total. The van der Waals surface area contributed by atoms with Crippen LogP contribution in [0, 0.1) is 11.8 Å². The Labute approximate surface area is 112 Å². The summed E-state index contributed by atoms with van der Waals surface area (Å²) < 4.78 is 38.5. The predicted molar refractivity (Wildman–Crippen MR) is 67.7 cm³/mol. The second kappa shape index (κ2) is 7.72. The zero-order chi connectivity index (χ0) is 14.3. The van der Waals surface area contributed by atoms with E-state index in [0.717, 1.165) is 13.0 Å². The number of amides is 1. The Morgan fingerprint density at radius 3 is 2.47 bits per heavy atom. The van der Waals surface area contributed by atoms with Gasteiger partial charge in [0.2, 0.25) is 5.91 Å². The number of hydrogen-bond acceptors (Lipinski definition) is 2. The molecule has 0 radical (unpaired) electrons. The Hall–Kier alpha value is -0.780. The summed E-state index contributed by atoms with van der Waals surface area (Å²) in [5.41, 5.74) is 0. The van der Waals surface area contributed by atoms with Crippen molar-refractivity contribution in [1.29, 1.82) is 0 Å². The lowest BCUT2D eigenvalue weighted by molar-refractivity contribution is -0.198. The Kier molecular flexibility index (Phi) is 6.62. The van der Waals surface area contributed by atoms with Crippen molar-refractivity contribution in [2.45, 2.75) is 45.2 Å². The van der Waals surface area contributed by atoms with Crippen LogP contribution in [0.2, 0.25) is 0 Å². The summed E-state index contributed by atoms with van der Waals surface area (Å²) in [4.78, 5) is 11.8. The van der Waals surface area contributed by atoms with E-state index in [2.05, 4.69) is 10.6 Å². The smallest absolute Gasteiger partial charge is 0.355 e. The SMILES string of the molecule is CCCNCCNC(=O)C1CCCCC1C(F)(F)F. The summed E-state index contributed by atoms with van der Waals surface area (Å²) in [5.74, 6) is -2.81. The van der Waals surface area contributed by atoms with Crippen LogP contribution >= 0.6 is 0 Å². The molecule has 0 heterocycles. The molecule has 1 saturated carbocycles. The van der Waals surface area contributed by atoms with Crippen molar-refractivity contribution >= 4 is 5.91 Å². The maximum Gasteiger partial charge on any atom is 0.392 e. The van der Waals surface area contributed by atoms with E-state index >= 15 is 0 Å². The van der Waals surface area contributed by atoms with Crippen molar-refractivity contribution in [3.8, 4) is 0 Å². The molecule has 1 amide bonds. The van der Waals surface area contributed by atoms with Crippen LogP contribution < -0.4 is 10.6 Å². The third-order valence-corrected chi connectivity index (χ3v) is 3.55. The Balaban J connectivity index is 2.40. The van der Waals surface area contributed by atoms with Gasteiger partial charge in [-0.05, 0) is 25.8 Å². The average Bonchev–Trinajstić information content (AvgIpc) is 2.37. The Morgan fingerprint density at radius 2 is 1.84 bits per heavy atom.